The van der Waals surface area contributed by atoms with Gasteiger partial charge in [0.1, 0.15) is 30.5 Å². The zero-order valence-electron chi connectivity index (χ0n) is 9.21. The summed E-state index contributed by atoms with van der Waals surface area (Å²) >= 11 is 0. The number of amides is 1. The summed E-state index contributed by atoms with van der Waals surface area (Å²) in [5.41, 5.74) is 5.36. The average molecular weight is 262 g/mol. The van der Waals surface area contributed by atoms with Crippen LogP contribution in [-0.4, -0.2) is 80.4 Å². The first-order valence-corrected chi connectivity index (χ1v) is 5.36. The van der Waals surface area contributed by atoms with Gasteiger partial charge in [0.2, 0.25) is 0 Å². The molecule has 0 radical (unpaired) electrons. The molecule has 9 heteroatoms. The molecule has 0 bridgehead atoms. The van der Waals surface area contributed by atoms with Gasteiger partial charge in [-0.15, -0.1) is 0 Å². The number of rotatable bonds is 2. The SMILES string of the molecule is NC[C@@H]1OC(=O)N2[C@H]1[C@H](O)[C@@H](O)[C@H](O)[C@H]2C(=O)O. The number of carbonyl (C=O) groups is 2. The molecule has 2 heterocycles. The molecule has 6 N–H and O–H groups in total. The van der Waals surface area contributed by atoms with E-state index in [2.05, 4.69) is 0 Å². The van der Waals surface area contributed by atoms with Crippen molar-refractivity contribution >= 4 is 12.1 Å². The van der Waals surface area contributed by atoms with Gasteiger partial charge in [-0.2, -0.15) is 0 Å². The van der Waals surface area contributed by atoms with Crippen molar-refractivity contribution in [2.45, 2.75) is 36.5 Å². The lowest BCUT2D eigenvalue weighted by Gasteiger charge is -2.43. The zero-order chi connectivity index (χ0) is 13.6. The molecule has 0 aromatic heterocycles. The Balaban J connectivity index is 2.40. The zero-order valence-corrected chi connectivity index (χ0v) is 9.21. The first kappa shape index (κ1) is 13.0. The van der Waals surface area contributed by atoms with Gasteiger partial charge in [-0.3, -0.25) is 4.90 Å². The third-order valence-electron chi connectivity index (χ3n) is 3.32. The highest BCUT2D eigenvalue weighted by Gasteiger charge is 2.59. The van der Waals surface area contributed by atoms with Crippen molar-refractivity contribution in [2.24, 2.45) is 5.73 Å². The average Bonchev–Trinajstić information content (AvgIpc) is 2.63. The van der Waals surface area contributed by atoms with Gasteiger partial charge in [0.15, 0.2) is 6.04 Å². The van der Waals surface area contributed by atoms with Crippen LogP contribution in [0.3, 0.4) is 0 Å². The van der Waals surface area contributed by atoms with Crippen LogP contribution in [-0.2, 0) is 9.53 Å². The van der Waals surface area contributed by atoms with Crippen molar-refractivity contribution in [2.75, 3.05) is 6.54 Å². The van der Waals surface area contributed by atoms with Gasteiger partial charge < -0.3 is 30.9 Å². The Morgan fingerprint density at radius 2 is 1.89 bits per heavy atom. The van der Waals surface area contributed by atoms with Gasteiger partial charge in [0, 0.05) is 6.54 Å². The van der Waals surface area contributed by atoms with Gasteiger partial charge in [-0.1, -0.05) is 0 Å². The van der Waals surface area contributed by atoms with Crippen LogP contribution in [0.2, 0.25) is 0 Å². The number of aliphatic hydroxyl groups excluding tert-OH is 3. The molecule has 0 saturated carbocycles. The quantitative estimate of drug-likeness (QED) is 0.346. The van der Waals surface area contributed by atoms with Crippen LogP contribution in [0.1, 0.15) is 0 Å². The molecule has 0 aliphatic carbocycles. The number of ether oxygens (including phenoxy) is 1. The van der Waals surface area contributed by atoms with E-state index in [-0.39, 0.29) is 6.54 Å². The third kappa shape index (κ3) is 1.63. The fraction of sp³-hybridized carbons (Fsp3) is 0.778. The largest absolute Gasteiger partial charge is 0.480 e. The van der Waals surface area contributed by atoms with Crippen LogP contribution < -0.4 is 5.73 Å². The van der Waals surface area contributed by atoms with Crippen LogP contribution in [0, 0.1) is 0 Å². The van der Waals surface area contributed by atoms with Crippen molar-refractivity contribution in [3.05, 3.63) is 0 Å². The maximum Gasteiger partial charge on any atom is 0.411 e. The molecular weight excluding hydrogens is 248 g/mol. The number of cyclic esters (lactones) is 1. The number of aliphatic carboxylic acids is 1. The molecule has 0 spiro atoms. The summed E-state index contributed by atoms with van der Waals surface area (Å²) in [6.45, 7) is -0.126. The minimum absolute atomic E-state index is 0.126. The van der Waals surface area contributed by atoms with Crippen molar-refractivity contribution in [3.63, 3.8) is 0 Å². The number of carbonyl (C=O) groups excluding carboxylic acids is 1. The number of hydrogen-bond donors (Lipinski definition) is 5. The minimum atomic E-state index is -1.79. The van der Waals surface area contributed by atoms with Crippen molar-refractivity contribution in [1.29, 1.82) is 0 Å². The standard InChI is InChI=1S/C9H14N2O7/c10-1-2-3-5(12)7(14)6(13)4(8(15)16)11(3)9(17)18-2/h2-7,12-14H,1,10H2,(H,15,16)/t2-,3+,4-,5-,6+,7+/m0/s1. The molecule has 2 aliphatic heterocycles. The predicted molar refractivity (Wildman–Crippen MR) is 54.4 cm³/mol. The molecular formula is C9H14N2O7. The monoisotopic (exact) mass is 262 g/mol. The molecule has 18 heavy (non-hydrogen) atoms. The molecule has 2 aliphatic rings. The van der Waals surface area contributed by atoms with Gasteiger partial charge >= 0.3 is 12.1 Å². The van der Waals surface area contributed by atoms with E-state index in [0.29, 0.717) is 0 Å². The summed E-state index contributed by atoms with van der Waals surface area (Å²) < 4.78 is 4.82. The molecule has 9 nitrogen and oxygen atoms in total. The fourth-order valence-electron chi connectivity index (χ4n) is 2.45. The van der Waals surface area contributed by atoms with Crippen molar-refractivity contribution in [1.82, 2.24) is 4.90 Å². The summed E-state index contributed by atoms with van der Waals surface area (Å²) in [6, 6.07) is -2.75. The van der Waals surface area contributed by atoms with E-state index in [9.17, 15) is 24.9 Å². The number of hydrogen-bond acceptors (Lipinski definition) is 7. The molecule has 0 aromatic rings. The second kappa shape index (κ2) is 4.35. The fourth-order valence-corrected chi connectivity index (χ4v) is 2.45. The molecule has 102 valence electrons. The van der Waals surface area contributed by atoms with Gasteiger partial charge in [0.25, 0.3) is 0 Å². The predicted octanol–water partition coefficient (Wildman–Crippen LogP) is -3.32. The van der Waals surface area contributed by atoms with Gasteiger partial charge in [-0.25, -0.2) is 9.59 Å². The van der Waals surface area contributed by atoms with E-state index >= 15 is 0 Å². The minimum Gasteiger partial charge on any atom is -0.480 e. The summed E-state index contributed by atoms with van der Waals surface area (Å²) in [5.74, 6) is -1.49. The van der Waals surface area contributed by atoms with E-state index in [0.717, 1.165) is 4.90 Å². The highest BCUT2D eigenvalue weighted by atomic mass is 16.6. The first-order chi connectivity index (χ1) is 8.40. The number of nitrogens with two attached hydrogens (primary N) is 1. The Kier molecular flexibility index (Phi) is 3.15. The molecule has 2 saturated heterocycles. The van der Waals surface area contributed by atoms with Crippen LogP contribution in [0.15, 0.2) is 0 Å². The van der Waals surface area contributed by atoms with Crippen LogP contribution in [0.4, 0.5) is 4.79 Å². The number of piperidine rings is 1. The molecule has 2 fully saturated rings. The molecule has 2 rings (SSSR count). The Hall–Kier alpha value is -1.42. The Bertz CT molecular complexity index is 376. The maximum absolute atomic E-state index is 11.6. The van der Waals surface area contributed by atoms with E-state index in [4.69, 9.17) is 15.6 Å². The Morgan fingerprint density at radius 3 is 2.39 bits per heavy atom. The smallest absolute Gasteiger partial charge is 0.411 e. The number of fused-ring (bicyclic) bond motifs is 1. The van der Waals surface area contributed by atoms with Crippen LogP contribution >= 0.6 is 0 Å². The molecule has 1 amide bonds. The van der Waals surface area contributed by atoms with Crippen molar-refractivity contribution in [3.8, 4) is 0 Å². The first-order valence-electron chi connectivity index (χ1n) is 5.36. The lowest BCUT2D eigenvalue weighted by molar-refractivity contribution is -0.173. The van der Waals surface area contributed by atoms with Crippen molar-refractivity contribution < 1.29 is 34.8 Å². The van der Waals surface area contributed by atoms with E-state index in [1.807, 2.05) is 0 Å². The third-order valence-corrected chi connectivity index (χ3v) is 3.32. The Labute approximate surface area is 101 Å². The summed E-state index contributed by atoms with van der Waals surface area (Å²) in [7, 11) is 0. The molecule has 0 aromatic carbocycles. The summed E-state index contributed by atoms with van der Waals surface area (Å²) in [6.07, 6.45) is -6.89. The summed E-state index contributed by atoms with van der Waals surface area (Å²) in [4.78, 5) is 23.4. The van der Waals surface area contributed by atoms with E-state index in [1.54, 1.807) is 0 Å². The topological polar surface area (TPSA) is 154 Å². The number of nitrogens with zero attached hydrogens (tertiary/aromatic N) is 1. The van der Waals surface area contributed by atoms with Crippen LogP contribution in [0.5, 0.6) is 0 Å². The maximum atomic E-state index is 11.6. The second-order valence-electron chi connectivity index (χ2n) is 4.31. The van der Waals surface area contributed by atoms with Gasteiger partial charge in [0.05, 0.1) is 0 Å². The lowest BCUT2D eigenvalue weighted by atomic mass is 9.86. The Morgan fingerprint density at radius 1 is 1.28 bits per heavy atom. The number of carboxylic acids is 1. The lowest BCUT2D eigenvalue weighted by Crippen LogP contribution is -2.69. The van der Waals surface area contributed by atoms with E-state index in [1.165, 1.54) is 0 Å². The summed E-state index contributed by atoms with van der Waals surface area (Å²) in [5, 5.41) is 38.1. The normalized spacial score (nSPS) is 43.6. The molecule has 6 atom stereocenters. The van der Waals surface area contributed by atoms with Gasteiger partial charge in [-0.05, 0) is 0 Å². The highest BCUT2D eigenvalue weighted by Crippen LogP contribution is 2.33. The molecule has 0 unspecified atom stereocenters. The second-order valence-corrected chi connectivity index (χ2v) is 4.31. The van der Waals surface area contributed by atoms with E-state index < -0.39 is 48.6 Å². The number of aliphatic hydroxyl groups is 3. The van der Waals surface area contributed by atoms with Crippen LogP contribution in [0.25, 0.3) is 0 Å². The highest BCUT2D eigenvalue weighted by molar-refractivity contribution is 5.82. The number of carboxylic acid groups (broad SMARTS) is 1.